The summed E-state index contributed by atoms with van der Waals surface area (Å²) in [5.74, 6) is -1.27. The predicted molar refractivity (Wildman–Crippen MR) is 75.1 cm³/mol. The number of primary amides is 1. The Morgan fingerprint density at radius 2 is 1.90 bits per heavy atom. The van der Waals surface area contributed by atoms with Gasteiger partial charge in [-0.15, -0.1) is 0 Å². The molecule has 0 aromatic heterocycles. The third-order valence-corrected chi connectivity index (χ3v) is 4.93. The van der Waals surface area contributed by atoms with Gasteiger partial charge >= 0.3 is 0 Å². The quantitative estimate of drug-likeness (QED) is 0.721. The van der Waals surface area contributed by atoms with Gasteiger partial charge in [-0.05, 0) is 12.3 Å². The minimum absolute atomic E-state index is 0.0890. The molecule has 0 bridgehead atoms. The van der Waals surface area contributed by atoms with E-state index >= 15 is 0 Å². The van der Waals surface area contributed by atoms with Crippen LogP contribution in [0.15, 0.2) is 0 Å². The highest BCUT2D eigenvalue weighted by molar-refractivity contribution is 7.88. The number of likely N-dealkylation sites (N-methyl/N-ethyl adjacent to an activating group) is 1. The van der Waals surface area contributed by atoms with Gasteiger partial charge in [-0.2, -0.15) is 0 Å². The lowest BCUT2D eigenvalue weighted by Gasteiger charge is -2.30. The summed E-state index contributed by atoms with van der Waals surface area (Å²) in [6, 6.07) is -0.671. The molecule has 1 unspecified atom stereocenters. The smallest absolute Gasteiger partial charge is 0.240 e. The average Bonchev–Trinajstić information content (AvgIpc) is 2.75. The Balaban J connectivity index is 2.79. The summed E-state index contributed by atoms with van der Waals surface area (Å²) in [7, 11) is -1.73. The fourth-order valence-corrected chi connectivity index (χ4v) is 3.51. The van der Waals surface area contributed by atoms with E-state index in [1.54, 1.807) is 7.05 Å². The topological polar surface area (TPSA) is 101 Å². The fraction of sp³-hybridized carbons (Fsp3) is 0.833. The van der Waals surface area contributed by atoms with Gasteiger partial charge in [-0.1, -0.05) is 13.8 Å². The summed E-state index contributed by atoms with van der Waals surface area (Å²) in [4.78, 5) is 25.2. The van der Waals surface area contributed by atoms with Gasteiger partial charge in [0.25, 0.3) is 0 Å². The minimum atomic E-state index is -3.28. The van der Waals surface area contributed by atoms with E-state index in [1.807, 2.05) is 13.8 Å². The first-order valence-electron chi connectivity index (χ1n) is 6.56. The zero-order valence-electron chi connectivity index (χ0n) is 12.4. The van der Waals surface area contributed by atoms with Crippen molar-refractivity contribution in [1.29, 1.82) is 0 Å². The summed E-state index contributed by atoms with van der Waals surface area (Å²) < 4.78 is 24.2. The number of sulfonamides is 1. The first-order chi connectivity index (χ1) is 9.05. The van der Waals surface area contributed by atoms with E-state index in [0.717, 1.165) is 6.26 Å². The molecule has 2 amide bonds. The second-order valence-corrected chi connectivity index (χ2v) is 7.63. The summed E-state index contributed by atoms with van der Waals surface area (Å²) >= 11 is 0. The van der Waals surface area contributed by atoms with Crippen LogP contribution >= 0.6 is 0 Å². The summed E-state index contributed by atoms with van der Waals surface area (Å²) in [5.41, 5.74) is 5.33. The molecule has 2 atom stereocenters. The van der Waals surface area contributed by atoms with Crippen LogP contribution < -0.4 is 5.73 Å². The molecule has 0 radical (unpaired) electrons. The van der Waals surface area contributed by atoms with Crippen LogP contribution in [-0.4, -0.2) is 61.9 Å². The Hall–Kier alpha value is -1.15. The molecule has 1 aliphatic rings. The van der Waals surface area contributed by atoms with E-state index in [4.69, 9.17) is 5.73 Å². The van der Waals surface area contributed by atoms with Gasteiger partial charge in [0, 0.05) is 20.1 Å². The van der Waals surface area contributed by atoms with Crippen LogP contribution in [0.5, 0.6) is 0 Å². The number of nitrogens with zero attached hydrogens (tertiary/aromatic N) is 2. The highest BCUT2D eigenvalue weighted by Crippen LogP contribution is 2.22. The number of carbonyl (C=O) groups excluding carboxylic acids is 2. The normalized spacial score (nSPS) is 21.9. The van der Waals surface area contributed by atoms with Crippen LogP contribution in [-0.2, 0) is 19.6 Å². The lowest BCUT2D eigenvalue weighted by Crippen LogP contribution is -2.50. The zero-order valence-corrected chi connectivity index (χ0v) is 13.2. The zero-order chi connectivity index (χ0) is 15.7. The van der Waals surface area contributed by atoms with Crippen molar-refractivity contribution in [2.75, 3.05) is 26.4 Å². The van der Waals surface area contributed by atoms with E-state index in [9.17, 15) is 18.0 Å². The first-order valence-corrected chi connectivity index (χ1v) is 8.41. The largest absolute Gasteiger partial charge is 0.368 e. The van der Waals surface area contributed by atoms with E-state index in [-0.39, 0.29) is 18.4 Å². The van der Waals surface area contributed by atoms with Gasteiger partial charge in [-0.3, -0.25) is 9.59 Å². The average molecular weight is 305 g/mol. The van der Waals surface area contributed by atoms with Crippen LogP contribution in [0.4, 0.5) is 0 Å². The Morgan fingerprint density at radius 1 is 1.35 bits per heavy atom. The van der Waals surface area contributed by atoms with E-state index in [1.165, 1.54) is 9.21 Å². The summed E-state index contributed by atoms with van der Waals surface area (Å²) in [6.45, 7) is 4.14. The molecule has 0 saturated carbocycles. The monoisotopic (exact) mass is 305 g/mol. The van der Waals surface area contributed by atoms with Crippen LogP contribution in [0.3, 0.4) is 0 Å². The standard InChI is InChI=1S/C12H23N3O4S/c1-8(2)10(11(13)16)14(3)12(17)9-5-6-15(7-9)20(4,18)19/h8-10H,5-7H2,1-4H3,(H2,13,16)/t9-,10?/m0/s1. The van der Waals surface area contributed by atoms with Gasteiger partial charge in [0.1, 0.15) is 6.04 Å². The molecule has 0 spiro atoms. The number of hydrogen-bond acceptors (Lipinski definition) is 4. The Labute approximate surface area is 120 Å². The van der Waals surface area contributed by atoms with E-state index < -0.39 is 27.9 Å². The molecular weight excluding hydrogens is 282 g/mol. The number of amides is 2. The maximum Gasteiger partial charge on any atom is 0.240 e. The van der Waals surface area contributed by atoms with Gasteiger partial charge in [0.15, 0.2) is 0 Å². The maximum atomic E-state index is 12.4. The molecule has 7 nitrogen and oxygen atoms in total. The molecule has 0 aliphatic carbocycles. The van der Waals surface area contributed by atoms with Gasteiger partial charge in [-0.25, -0.2) is 12.7 Å². The maximum absolute atomic E-state index is 12.4. The molecule has 116 valence electrons. The van der Waals surface area contributed by atoms with Crippen molar-refractivity contribution in [2.24, 2.45) is 17.6 Å². The van der Waals surface area contributed by atoms with Gasteiger partial charge in [0.05, 0.1) is 12.2 Å². The van der Waals surface area contributed by atoms with Crippen molar-refractivity contribution in [2.45, 2.75) is 26.3 Å². The van der Waals surface area contributed by atoms with Crippen LogP contribution in [0.2, 0.25) is 0 Å². The van der Waals surface area contributed by atoms with E-state index in [2.05, 4.69) is 0 Å². The van der Waals surface area contributed by atoms with Crippen LogP contribution in [0.1, 0.15) is 20.3 Å². The molecular formula is C12H23N3O4S. The van der Waals surface area contributed by atoms with Crippen molar-refractivity contribution in [3.05, 3.63) is 0 Å². The Morgan fingerprint density at radius 3 is 2.25 bits per heavy atom. The lowest BCUT2D eigenvalue weighted by atomic mass is 9.99. The molecule has 8 heteroatoms. The number of nitrogens with two attached hydrogens (primary N) is 1. The number of carbonyl (C=O) groups is 2. The van der Waals surface area contributed by atoms with Crippen LogP contribution in [0, 0.1) is 11.8 Å². The molecule has 20 heavy (non-hydrogen) atoms. The molecule has 2 N–H and O–H groups in total. The van der Waals surface area contributed by atoms with Crippen molar-refractivity contribution in [3.63, 3.8) is 0 Å². The van der Waals surface area contributed by atoms with E-state index in [0.29, 0.717) is 13.0 Å². The number of rotatable bonds is 5. The first kappa shape index (κ1) is 16.9. The summed E-state index contributed by atoms with van der Waals surface area (Å²) in [5, 5.41) is 0. The highest BCUT2D eigenvalue weighted by Gasteiger charge is 2.37. The SMILES string of the molecule is CC(C)C(C(N)=O)N(C)C(=O)[C@H]1CCN(S(C)(=O)=O)C1. The third kappa shape index (κ3) is 3.69. The molecule has 1 saturated heterocycles. The molecule has 1 aliphatic heterocycles. The van der Waals surface area contributed by atoms with Gasteiger partial charge < -0.3 is 10.6 Å². The Kier molecular flexibility index (Phi) is 5.15. The van der Waals surface area contributed by atoms with Crippen molar-refractivity contribution in [3.8, 4) is 0 Å². The molecule has 1 fully saturated rings. The van der Waals surface area contributed by atoms with Crippen LogP contribution in [0.25, 0.3) is 0 Å². The second kappa shape index (κ2) is 6.09. The summed E-state index contributed by atoms with van der Waals surface area (Å²) in [6.07, 6.45) is 1.60. The highest BCUT2D eigenvalue weighted by atomic mass is 32.2. The van der Waals surface area contributed by atoms with Crippen molar-refractivity contribution in [1.82, 2.24) is 9.21 Å². The fourth-order valence-electron chi connectivity index (χ4n) is 2.62. The third-order valence-electron chi connectivity index (χ3n) is 3.66. The van der Waals surface area contributed by atoms with Crippen molar-refractivity contribution < 1.29 is 18.0 Å². The minimum Gasteiger partial charge on any atom is -0.368 e. The predicted octanol–water partition coefficient (Wildman–Crippen LogP) is -0.764. The molecule has 1 heterocycles. The Bertz CT molecular complexity index is 489. The van der Waals surface area contributed by atoms with Crippen molar-refractivity contribution >= 4 is 21.8 Å². The molecule has 1 rings (SSSR count). The van der Waals surface area contributed by atoms with Gasteiger partial charge in [0.2, 0.25) is 21.8 Å². The number of hydrogen-bond donors (Lipinski definition) is 1. The molecule has 0 aromatic carbocycles. The second-order valence-electron chi connectivity index (χ2n) is 5.65. The lowest BCUT2D eigenvalue weighted by molar-refractivity contribution is -0.142. The molecule has 0 aromatic rings.